The van der Waals surface area contributed by atoms with Gasteiger partial charge in [0.15, 0.2) is 0 Å². The van der Waals surface area contributed by atoms with Gasteiger partial charge in [0.05, 0.1) is 19.0 Å². The summed E-state index contributed by atoms with van der Waals surface area (Å²) in [6.45, 7) is 6.97. The molecule has 2 fully saturated rings. The lowest BCUT2D eigenvalue weighted by molar-refractivity contribution is -0.132. The van der Waals surface area contributed by atoms with Crippen molar-refractivity contribution in [2.24, 2.45) is 0 Å². The molecule has 0 radical (unpaired) electrons. The molecular weight excluding hydrogens is 378 g/mol. The van der Waals surface area contributed by atoms with E-state index in [4.69, 9.17) is 14.7 Å². The quantitative estimate of drug-likeness (QED) is 0.560. The summed E-state index contributed by atoms with van der Waals surface area (Å²) in [6.07, 6.45) is 6.24. The molecule has 0 N–H and O–H groups in total. The topological polar surface area (TPSA) is 55.3 Å². The summed E-state index contributed by atoms with van der Waals surface area (Å²) < 4.78 is 5.35. The highest BCUT2D eigenvalue weighted by Gasteiger charge is 2.23. The first-order chi connectivity index (χ1) is 13.1. The highest BCUT2D eigenvalue weighted by atomic mass is 32.2. The molecule has 1 saturated heterocycles. The van der Waals surface area contributed by atoms with Crippen LogP contribution in [0.25, 0.3) is 10.2 Å². The summed E-state index contributed by atoms with van der Waals surface area (Å²) in [7, 11) is 0. The first-order valence-corrected chi connectivity index (χ1v) is 11.7. The largest absolute Gasteiger partial charge is 0.378 e. The van der Waals surface area contributed by atoms with E-state index in [2.05, 4.69) is 13.8 Å². The minimum atomic E-state index is 0.180. The third-order valence-electron chi connectivity index (χ3n) is 5.68. The molecule has 0 bridgehead atoms. The second-order valence-corrected chi connectivity index (χ2v) is 9.63. The van der Waals surface area contributed by atoms with Gasteiger partial charge in [-0.15, -0.1) is 11.3 Å². The lowest BCUT2D eigenvalue weighted by Gasteiger charge is -2.26. The molecule has 1 aliphatic heterocycles. The van der Waals surface area contributed by atoms with Crippen molar-refractivity contribution in [3.63, 3.8) is 0 Å². The number of hydrogen-bond donors (Lipinski definition) is 0. The molecule has 0 atom stereocenters. The molecule has 5 nitrogen and oxygen atoms in total. The third kappa shape index (κ3) is 4.15. The molecule has 2 aromatic heterocycles. The predicted octanol–water partition coefficient (Wildman–Crippen LogP) is 4.31. The average molecular weight is 406 g/mol. The van der Waals surface area contributed by atoms with Gasteiger partial charge < -0.3 is 9.64 Å². The second-order valence-electron chi connectivity index (χ2n) is 7.47. The van der Waals surface area contributed by atoms with E-state index in [1.165, 1.54) is 42.5 Å². The zero-order valence-electron chi connectivity index (χ0n) is 16.1. The van der Waals surface area contributed by atoms with E-state index in [0.717, 1.165) is 21.1 Å². The molecule has 0 spiro atoms. The van der Waals surface area contributed by atoms with E-state index in [9.17, 15) is 4.79 Å². The van der Waals surface area contributed by atoms with Crippen LogP contribution in [-0.4, -0.2) is 52.8 Å². The van der Waals surface area contributed by atoms with E-state index in [1.807, 2.05) is 4.90 Å². The van der Waals surface area contributed by atoms with Crippen LogP contribution < -0.4 is 0 Å². The van der Waals surface area contributed by atoms with Crippen molar-refractivity contribution in [1.82, 2.24) is 14.9 Å². The minimum absolute atomic E-state index is 0.180. The number of morpholine rings is 1. The SMILES string of the molecule is Cc1sc2nc(C3CCCCC3)nc(SCC(=O)N3CCOCC3)c2c1C. The molecule has 146 valence electrons. The minimum Gasteiger partial charge on any atom is -0.378 e. The van der Waals surface area contributed by atoms with Gasteiger partial charge in [-0.3, -0.25) is 4.79 Å². The molecule has 4 rings (SSSR count). The normalized spacial score (nSPS) is 19.0. The lowest BCUT2D eigenvalue weighted by atomic mass is 9.89. The summed E-state index contributed by atoms with van der Waals surface area (Å²) in [6, 6.07) is 0. The molecule has 2 aliphatic rings. The third-order valence-corrected chi connectivity index (χ3v) is 7.74. The lowest BCUT2D eigenvalue weighted by Crippen LogP contribution is -2.41. The van der Waals surface area contributed by atoms with E-state index >= 15 is 0 Å². The fourth-order valence-corrected chi connectivity index (χ4v) is 6.01. The number of nitrogens with zero attached hydrogens (tertiary/aromatic N) is 3. The van der Waals surface area contributed by atoms with Gasteiger partial charge in [0.25, 0.3) is 0 Å². The molecule has 0 unspecified atom stereocenters. The van der Waals surface area contributed by atoms with Crippen molar-refractivity contribution in [3.05, 3.63) is 16.3 Å². The van der Waals surface area contributed by atoms with Gasteiger partial charge in [0, 0.05) is 29.3 Å². The number of ether oxygens (including phenoxy) is 1. The van der Waals surface area contributed by atoms with Crippen LogP contribution in [0.4, 0.5) is 0 Å². The Balaban J connectivity index is 1.59. The summed E-state index contributed by atoms with van der Waals surface area (Å²) in [4.78, 5) is 26.8. The zero-order chi connectivity index (χ0) is 18.8. The Morgan fingerprint density at radius 2 is 1.93 bits per heavy atom. The van der Waals surface area contributed by atoms with Crippen molar-refractivity contribution in [2.45, 2.75) is 56.9 Å². The van der Waals surface area contributed by atoms with Crippen LogP contribution in [0.1, 0.15) is 54.3 Å². The molecule has 1 aliphatic carbocycles. The predicted molar refractivity (Wildman–Crippen MR) is 111 cm³/mol. The maximum Gasteiger partial charge on any atom is 0.233 e. The van der Waals surface area contributed by atoms with Crippen LogP contribution in [0.5, 0.6) is 0 Å². The van der Waals surface area contributed by atoms with Gasteiger partial charge in [-0.25, -0.2) is 9.97 Å². The van der Waals surface area contributed by atoms with Crippen LogP contribution in [-0.2, 0) is 9.53 Å². The Morgan fingerprint density at radius 3 is 2.67 bits per heavy atom. The maximum absolute atomic E-state index is 12.6. The number of thiophene rings is 1. The number of fused-ring (bicyclic) bond motifs is 1. The summed E-state index contributed by atoms with van der Waals surface area (Å²) in [5.41, 5.74) is 1.26. The van der Waals surface area contributed by atoms with Crippen LogP contribution >= 0.6 is 23.1 Å². The summed E-state index contributed by atoms with van der Waals surface area (Å²) in [5, 5.41) is 2.14. The number of aryl methyl sites for hydroxylation is 2. The Kier molecular flexibility index (Phi) is 5.99. The summed E-state index contributed by atoms with van der Waals surface area (Å²) >= 11 is 3.34. The van der Waals surface area contributed by atoms with Gasteiger partial charge in [0.1, 0.15) is 15.7 Å². The van der Waals surface area contributed by atoms with E-state index in [0.29, 0.717) is 38.0 Å². The second kappa shape index (κ2) is 8.45. The van der Waals surface area contributed by atoms with Gasteiger partial charge in [-0.05, 0) is 32.3 Å². The molecule has 2 aromatic rings. The van der Waals surface area contributed by atoms with Crippen LogP contribution in [0, 0.1) is 13.8 Å². The number of rotatable bonds is 4. The molecule has 27 heavy (non-hydrogen) atoms. The monoisotopic (exact) mass is 405 g/mol. The van der Waals surface area contributed by atoms with E-state index < -0.39 is 0 Å². The number of thioether (sulfide) groups is 1. The Morgan fingerprint density at radius 1 is 1.19 bits per heavy atom. The summed E-state index contributed by atoms with van der Waals surface area (Å²) in [5.74, 6) is 2.08. The zero-order valence-corrected chi connectivity index (χ0v) is 17.8. The standard InChI is InChI=1S/C20H27N3O2S2/c1-13-14(2)27-20-17(13)19(21-18(22-20)15-6-4-3-5-7-15)26-12-16(24)23-8-10-25-11-9-23/h15H,3-12H2,1-2H3. The number of amides is 1. The van der Waals surface area contributed by atoms with Crippen molar-refractivity contribution >= 4 is 39.2 Å². The first kappa shape index (κ1) is 19.2. The van der Waals surface area contributed by atoms with Crippen molar-refractivity contribution < 1.29 is 9.53 Å². The number of carbonyl (C=O) groups excluding carboxylic acids is 1. The Hall–Kier alpha value is -1.18. The highest BCUT2D eigenvalue weighted by Crippen LogP contribution is 2.38. The van der Waals surface area contributed by atoms with Crippen molar-refractivity contribution in [3.8, 4) is 0 Å². The van der Waals surface area contributed by atoms with Crippen LogP contribution in [0.15, 0.2) is 5.03 Å². The van der Waals surface area contributed by atoms with Gasteiger partial charge in [-0.2, -0.15) is 0 Å². The van der Waals surface area contributed by atoms with Crippen molar-refractivity contribution in [2.75, 3.05) is 32.1 Å². The smallest absolute Gasteiger partial charge is 0.233 e. The number of carbonyl (C=O) groups is 1. The van der Waals surface area contributed by atoms with Gasteiger partial charge in [-0.1, -0.05) is 31.0 Å². The average Bonchev–Trinajstić information content (AvgIpc) is 3.01. The Bertz CT molecular complexity index is 824. The molecule has 1 saturated carbocycles. The molecule has 7 heteroatoms. The number of aromatic nitrogens is 2. The van der Waals surface area contributed by atoms with Gasteiger partial charge in [0.2, 0.25) is 5.91 Å². The highest BCUT2D eigenvalue weighted by molar-refractivity contribution is 8.00. The maximum atomic E-state index is 12.6. The van der Waals surface area contributed by atoms with Gasteiger partial charge >= 0.3 is 0 Å². The molecular formula is C20H27N3O2S2. The van der Waals surface area contributed by atoms with E-state index in [-0.39, 0.29) is 5.91 Å². The fraction of sp³-hybridized carbons (Fsp3) is 0.650. The van der Waals surface area contributed by atoms with Crippen LogP contribution in [0.3, 0.4) is 0 Å². The first-order valence-electron chi connectivity index (χ1n) is 9.89. The molecule has 1 amide bonds. The molecule has 0 aromatic carbocycles. The number of hydrogen-bond acceptors (Lipinski definition) is 6. The van der Waals surface area contributed by atoms with E-state index in [1.54, 1.807) is 23.1 Å². The Labute approximate surface area is 168 Å². The fourth-order valence-electron chi connectivity index (χ4n) is 3.91. The van der Waals surface area contributed by atoms with Crippen LogP contribution in [0.2, 0.25) is 0 Å². The molecule has 3 heterocycles. The van der Waals surface area contributed by atoms with Crippen molar-refractivity contribution in [1.29, 1.82) is 0 Å².